The Hall–Kier alpha value is -12.8. The van der Waals surface area contributed by atoms with Gasteiger partial charge in [0.15, 0.2) is 0 Å². The van der Waals surface area contributed by atoms with Crippen molar-refractivity contribution in [2.24, 2.45) is 0 Å². The second kappa shape index (κ2) is 21.7. The molecule has 0 amide bonds. The lowest BCUT2D eigenvalue weighted by Gasteiger charge is -2.13. The molecule has 8 heterocycles. The number of fused-ring (bicyclic) bond motifs is 22. The lowest BCUT2D eigenvalue weighted by atomic mass is 10.0. The van der Waals surface area contributed by atoms with Crippen LogP contribution in [0.2, 0.25) is 5.28 Å². The fraction of sp³-hybridized carbons (Fsp3) is 0. The molecule has 0 unspecified atom stereocenters. The molecule has 8 aromatic heterocycles. The van der Waals surface area contributed by atoms with E-state index < -0.39 is 0 Å². The number of H-pyrrole nitrogens is 1. The van der Waals surface area contributed by atoms with E-state index in [1.54, 1.807) is 0 Å². The standard InChI is InChI=1S/C44H26N4.C24H14N2.C20H13ClN2/c1-2-12-27(13-3-1)28-22-24-29(25-23-28)41-32-16-4-8-18-36(32)45-44(46-41)48-38-20-10-6-15-31(38)35-26-34-30-14-5-9-19-37(30)47-39-21-11-7-17-33(39)40(42(34)47)43(35)48;1-4-10-19-14(7-1)17-13-18-15-8-2-5-11-20(15)26-21-12-6-3-9-16(21)22(24(18)26)23(17)25-19;21-20-22-18-9-5-4-8-17(18)19(23-20)16-12-10-15(11-13-16)14-6-2-1-3-7-14/h1-26H;1-13,25H;1-13H. The summed E-state index contributed by atoms with van der Waals surface area (Å²) < 4.78 is 7.18. The van der Waals surface area contributed by atoms with Gasteiger partial charge in [-0.05, 0) is 94.5 Å². The monoisotopic (exact) mass is 1260 g/mol. The van der Waals surface area contributed by atoms with E-state index in [1.165, 1.54) is 131 Å². The molecule has 14 aromatic carbocycles. The molecule has 0 aliphatic rings. The fourth-order valence-electron chi connectivity index (χ4n) is 15.5. The van der Waals surface area contributed by atoms with Crippen LogP contribution in [0.1, 0.15) is 0 Å². The quantitative estimate of drug-likeness (QED) is 0.174. The van der Waals surface area contributed by atoms with Crippen LogP contribution >= 0.6 is 11.6 Å². The van der Waals surface area contributed by atoms with Crippen molar-refractivity contribution < 1.29 is 0 Å². The molecule has 0 saturated heterocycles. The van der Waals surface area contributed by atoms with Crippen molar-refractivity contribution >= 4 is 153 Å². The predicted molar refractivity (Wildman–Crippen MR) is 405 cm³/mol. The first kappa shape index (κ1) is 54.8. The van der Waals surface area contributed by atoms with Gasteiger partial charge in [-0.2, -0.15) is 0 Å². The highest BCUT2D eigenvalue weighted by molar-refractivity contribution is 6.35. The van der Waals surface area contributed by atoms with Gasteiger partial charge in [0.2, 0.25) is 11.2 Å². The van der Waals surface area contributed by atoms with Gasteiger partial charge in [-0.25, -0.2) is 19.9 Å². The van der Waals surface area contributed by atoms with Gasteiger partial charge >= 0.3 is 0 Å². The smallest absolute Gasteiger partial charge is 0.235 e. The second-order valence-corrected chi connectivity index (χ2v) is 25.3. The van der Waals surface area contributed by atoms with Crippen molar-refractivity contribution in [1.82, 2.24) is 38.3 Å². The van der Waals surface area contributed by atoms with Crippen LogP contribution in [0.5, 0.6) is 0 Å². The summed E-state index contributed by atoms with van der Waals surface area (Å²) >= 11 is 6.08. The average molecular weight is 1260 g/mol. The van der Waals surface area contributed by atoms with Gasteiger partial charge in [0, 0.05) is 92.1 Å². The van der Waals surface area contributed by atoms with E-state index >= 15 is 0 Å². The molecule has 0 radical (unpaired) electrons. The number of hydrogen-bond donors (Lipinski definition) is 1. The van der Waals surface area contributed by atoms with Crippen LogP contribution in [0.3, 0.4) is 0 Å². The van der Waals surface area contributed by atoms with Gasteiger partial charge in [-0.3, -0.25) is 4.57 Å². The minimum atomic E-state index is 0.269. The Morgan fingerprint density at radius 3 is 1.19 bits per heavy atom. The number of hydrogen-bond acceptors (Lipinski definition) is 4. The Morgan fingerprint density at radius 2 is 0.629 bits per heavy atom. The topological polar surface area (TPSA) is 81.1 Å². The summed E-state index contributed by atoms with van der Waals surface area (Å²) in [6, 6.07) is 111. The molecule has 0 saturated carbocycles. The van der Waals surface area contributed by atoms with E-state index in [0.717, 1.165) is 55.4 Å². The predicted octanol–water partition coefficient (Wildman–Crippen LogP) is 23.3. The van der Waals surface area contributed by atoms with Gasteiger partial charge in [-0.15, -0.1) is 0 Å². The molecular formula is C88H53ClN8. The molecule has 8 nitrogen and oxygen atoms in total. The zero-order valence-electron chi connectivity index (χ0n) is 52.0. The van der Waals surface area contributed by atoms with Gasteiger partial charge in [-0.1, -0.05) is 255 Å². The summed E-state index contributed by atoms with van der Waals surface area (Å²) in [6.45, 7) is 0. The summed E-state index contributed by atoms with van der Waals surface area (Å²) in [6.07, 6.45) is 0. The zero-order valence-corrected chi connectivity index (χ0v) is 52.8. The molecule has 0 bridgehead atoms. The molecule has 0 aliphatic heterocycles. The number of para-hydroxylation sites is 8. The van der Waals surface area contributed by atoms with E-state index in [-0.39, 0.29) is 5.28 Å². The second-order valence-electron chi connectivity index (χ2n) is 25.0. The molecule has 0 fully saturated rings. The Bertz CT molecular complexity index is 6870. The third-order valence-corrected chi connectivity index (χ3v) is 19.9. The minimum Gasteiger partial charge on any atom is -0.354 e. The van der Waals surface area contributed by atoms with Crippen LogP contribution in [0.25, 0.3) is 192 Å². The summed E-state index contributed by atoms with van der Waals surface area (Å²) in [5.74, 6) is 0.671. The number of benzene rings is 14. The Morgan fingerprint density at radius 1 is 0.258 bits per heavy atom. The molecule has 0 spiro atoms. The summed E-state index contributed by atoms with van der Waals surface area (Å²) in [5.41, 5.74) is 22.7. The number of aromatic amines is 1. The van der Waals surface area contributed by atoms with E-state index in [0.29, 0.717) is 5.95 Å². The highest BCUT2D eigenvalue weighted by Gasteiger charge is 2.27. The van der Waals surface area contributed by atoms with Crippen molar-refractivity contribution in [3.63, 3.8) is 0 Å². The normalized spacial score (nSPS) is 12.0. The summed E-state index contributed by atoms with van der Waals surface area (Å²) in [4.78, 5) is 23.1. The Labute approximate surface area is 559 Å². The molecular weight excluding hydrogens is 1200 g/mol. The first-order valence-corrected chi connectivity index (χ1v) is 33.1. The molecule has 97 heavy (non-hydrogen) atoms. The molecule has 1 N–H and O–H groups in total. The van der Waals surface area contributed by atoms with E-state index in [1.807, 2.05) is 42.5 Å². The Balaban J connectivity index is 0.000000110. The lowest BCUT2D eigenvalue weighted by Crippen LogP contribution is -2.03. The number of rotatable bonds is 5. The van der Waals surface area contributed by atoms with Gasteiger partial charge in [0.05, 0.1) is 72.1 Å². The van der Waals surface area contributed by atoms with Crippen molar-refractivity contribution in [1.29, 1.82) is 0 Å². The fourth-order valence-corrected chi connectivity index (χ4v) is 15.7. The number of aromatic nitrogens is 8. The molecule has 22 rings (SSSR count). The van der Waals surface area contributed by atoms with Crippen LogP contribution < -0.4 is 0 Å². The van der Waals surface area contributed by atoms with Crippen LogP contribution in [-0.2, 0) is 0 Å². The van der Waals surface area contributed by atoms with Crippen LogP contribution in [-0.4, -0.2) is 38.3 Å². The number of nitrogens with one attached hydrogen (secondary N) is 1. The van der Waals surface area contributed by atoms with Gasteiger partial charge in [0.1, 0.15) is 0 Å². The molecule has 9 heteroatoms. The van der Waals surface area contributed by atoms with E-state index in [4.69, 9.17) is 21.6 Å². The summed E-state index contributed by atoms with van der Waals surface area (Å²) in [5, 5.41) is 17.6. The number of halogens is 1. The maximum Gasteiger partial charge on any atom is 0.235 e. The van der Waals surface area contributed by atoms with Crippen LogP contribution in [0.15, 0.2) is 315 Å². The average Bonchev–Trinajstić information content (AvgIpc) is 1.53. The zero-order chi connectivity index (χ0) is 63.8. The Kier molecular flexibility index (Phi) is 12.2. The maximum absolute atomic E-state index is 6.08. The highest BCUT2D eigenvalue weighted by Crippen LogP contribution is 2.48. The first-order chi connectivity index (χ1) is 48.1. The first-order valence-electron chi connectivity index (χ1n) is 32.7. The summed E-state index contributed by atoms with van der Waals surface area (Å²) in [7, 11) is 0. The molecule has 0 atom stereocenters. The van der Waals surface area contributed by atoms with E-state index in [9.17, 15) is 0 Å². The molecule has 22 aromatic rings. The third-order valence-electron chi connectivity index (χ3n) is 19.8. The van der Waals surface area contributed by atoms with Gasteiger partial charge in [0.25, 0.3) is 0 Å². The van der Waals surface area contributed by atoms with Crippen LogP contribution in [0, 0.1) is 0 Å². The largest absolute Gasteiger partial charge is 0.354 e. The van der Waals surface area contributed by atoms with Crippen molar-refractivity contribution in [2.75, 3.05) is 0 Å². The molecule has 0 aliphatic carbocycles. The van der Waals surface area contributed by atoms with Gasteiger partial charge < -0.3 is 13.8 Å². The maximum atomic E-state index is 6.08. The number of nitrogens with zero attached hydrogens (tertiary/aromatic N) is 7. The van der Waals surface area contributed by atoms with Crippen molar-refractivity contribution in [3.05, 3.63) is 321 Å². The minimum absolute atomic E-state index is 0.269. The lowest BCUT2D eigenvalue weighted by molar-refractivity contribution is 1.02. The van der Waals surface area contributed by atoms with E-state index in [2.05, 4.69) is 301 Å². The van der Waals surface area contributed by atoms with Crippen molar-refractivity contribution in [2.45, 2.75) is 0 Å². The molecule has 452 valence electrons. The van der Waals surface area contributed by atoms with Crippen molar-refractivity contribution in [3.8, 4) is 50.7 Å². The van der Waals surface area contributed by atoms with Crippen LogP contribution in [0.4, 0.5) is 0 Å². The SMILES string of the molecule is Clc1nc(-c2ccc(-c3ccccc3)cc2)c2ccccc2n1.c1ccc(-c2ccc(-c3nc(-n4c5ccccc5c5cc6c7ccccc7n7c8ccccc8c(c54)c67)nc4ccccc34)cc2)cc1.c1ccc2c(c1)[nH]c1c2cc2c3ccccc3n3c4ccccc4c1c23. The third kappa shape index (κ3) is 8.44. The highest BCUT2D eigenvalue weighted by atomic mass is 35.5.